The van der Waals surface area contributed by atoms with Crippen LogP contribution in [0.1, 0.15) is 10.4 Å². The van der Waals surface area contributed by atoms with E-state index in [4.69, 9.17) is 16.6 Å². The van der Waals surface area contributed by atoms with Crippen LogP contribution in [0.3, 0.4) is 0 Å². The zero-order valence-electron chi connectivity index (χ0n) is 14.3. The largest absolute Gasteiger partial charge is 0.351 e. The van der Waals surface area contributed by atoms with E-state index in [0.717, 1.165) is 23.2 Å². The minimum absolute atomic E-state index is 0.115. The van der Waals surface area contributed by atoms with Gasteiger partial charge in [-0.3, -0.25) is 4.79 Å². The lowest BCUT2D eigenvalue weighted by Crippen LogP contribution is -2.31. The molecule has 3 rings (SSSR count). The lowest BCUT2D eigenvalue weighted by Gasteiger charge is -2.12. The third kappa shape index (κ3) is 3.98. The van der Waals surface area contributed by atoms with Crippen LogP contribution in [0.15, 0.2) is 54.6 Å². The fourth-order valence-electron chi connectivity index (χ4n) is 2.64. The number of amides is 1. The SMILES string of the molecule is CN(C)CCNC(=O)c1cccc2ccc(-c3ccccc3Cl)nc12. The lowest BCUT2D eigenvalue weighted by atomic mass is 10.1. The molecule has 0 spiro atoms. The normalized spacial score (nSPS) is 11.0. The van der Waals surface area contributed by atoms with Gasteiger partial charge in [-0.25, -0.2) is 4.98 Å². The van der Waals surface area contributed by atoms with Gasteiger partial charge in [0.25, 0.3) is 5.91 Å². The minimum Gasteiger partial charge on any atom is -0.351 e. The first-order valence-electron chi connectivity index (χ1n) is 8.14. The van der Waals surface area contributed by atoms with Crippen molar-refractivity contribution < 1.29 is 4.79 Å². The first-order valence-corrected chi connectivity index (χ1v) is 8.51. The molecule has 0 aliphatic heterocycles. The molecule has 1 heterocycles. The Hall–Kier alpha value is -2.43. The standard InChI is InChI=1S/C20H20ClN3O/c1-24(2)13-12-22-20(25)16-8-5-6-14-10-11-18(23-19(14)16)15-7-3-4-9-17(15)21/h3-11H,12-13H2,1-2H3,(H,22,25). The van der Waals surface area contributed by atoms with Gasteiger partial charge < -0.3 is 10.2 Å². The smallest absolute Gasteiger partial charge is 0.253 e. The number of para-hydroxylation sites is 1. The van der Waals surface area contributed by atoms with Crippen LogP contribution < -0.4 is 5.32 Å². The molecule has 0 fully saturated rings. The van der Waals surface area contributed by atoms with E-state index in [1.807, 2.05) is 67.5 Å². The third-order valence-corrected chi connectivity index (χ3v) is 4.29. The summed E-state index contributed by atoms with van der Waals surface area (Å²) < 4.78 is 0. The van der Waals surface area contributed by atoms with Crippen molar-refractivity contribution in [1.82, 2.24) is 15.2 Å². The molecule has 5 heteroatoms. The van der Waals surface area contributed by atoms with Crippen LogP contribution in [0.4, 0.5) is 0 Å². The van der Waals surface area contributed by atoms with Crippen LogP contribution >= 0.6 is 11.6 Å². The maximum absolute atomic E-state index is 12.6. The maximum atomic E-state index is 12.6. The van der Waals surface area contributed by atoms with Crippen molar-refractivity contribution in [1.29, 1.82) is 0 Å². The molecule has 0 atom stereocenters. The fraction of sp³-hybridized carbons (Fsp3) is 0.200. The number of likely N-dealkylation sites (N-methyl/N-ethyl adjacent to an activating group) is 1. The Bertz CT molecular complexity index is 908. The summed E-state index contributed by atoms with van der Waals surface area (Å²) >= 11 is 6.29. The van der Waals surface area contributed by atoms with Crippen molar-refractivity contribution in [3.63, 3.8) is 0 Å². The van der Waals surface area contributed by atoms with Gasteiger partial charge in [-0.1, -0.05) is 48.0 Å². The molecule has 0 saturated heterocycles. The van der Waals surface area contributed by atoms with E-state index >= 15 is 0 Å². The molecule has 1 amide bonds. The van der Waals surface area contributed by atoms with E-state index in [0.29, 0.717) is 22.6 Å². The van der Waals surface area contributed by atoms with Gasteiger partial charge in [-0.2, -0.15) is 0 Å². The number of nitrogens with one attached hydrogen (secondary N) is 1. The molecule has 1 N–H and O–H groups in total. The number of benzene rings is 2. The molecule has 25 heavy (non-hydrogen) atoms. The summed E-state index contributed by atoms with van der Waals surface area (Å²) in [6, 6.07) is 17.1. The summed E-state index contributed by atoms with van der Waals surface area (Å²) in [7, 11) is 3.95. The van der Waals surface area contributed by atoms with Gasteiger partial charge >= 0.3 is 0 Å². The van der Waals surface area contributed by atoms with Crippen LogP contribution in [0, 0.1) is 0 Å². The number of carbonyl (C=O) groups excluding carboxylic acids is 1. The summed E-state index contributed by atoms with van der Waals surface area (Å²) in [6.07, 6.45) is 0. The molecule has 128 valence electrons. The topological polar surface area (TPSA) is 45.2 Å². The van der Waals surface area contributed by atoms with Gasteiger partial charge in [-0.15, -0.1) is 0 Å². The Labute approximate surface area is 152 Å². The lowest BCUT2D eigenvalue weighted by molar-refractivity contribution is 0.0952. The highest BCUT2D eigenvalue weighted by Gasteiger charge is 2.13. The van der Waals surface area contributed by atoms with Crippen molar-refractivity contribution in [3.05, 3.63) is 65.2 Å². The van der Waals surface area contributed by atoms with Gasteiger partial charge in [-0.05, 0) is 32.3 Å². The molecule has 0 unspecified atom stereocenters. The Kier molecular flexibility index (Phi) is 5.31. The van der Waals surface area contributed by atoms with Crippen molar-refractivity contribution in [2.24, 2.45) is 0 Å². The number of nitrogens with zero attached hydrogens (tertiary/aromatic N) is 2. The van der Waals surface area contributed by atoms with Gasteiger partial charge in [0.15, 0.2) is 0 Å². The molecule has 4 nitrogen and oxygen atoms in total. The van der Waals surface area contributed by atoms with Crippen LogP contribution in [0.25, 0.3) is 22.2 Å². The van der Waals surface area contributed by atoms with E-state index in [-0.39, 0.29) is 5.91 Å². The highest BCUT2D eigenvalue weighted by molar-refractivity contribution is 6.33. The molecule has 2 aromatic carbocycles. The number of aromatic nitrogens is 1. The van der Waals surface area contributed by atoms with Gasteiger partial charge in [0.1, 0.15) is 0 Å². The van der Waals surface area contributed by atoms with Crippen molar-refractivity contribution in [2.45, 2.75) is 0 Å². The average Bonchev–Trinajstić information content (AvgIpc) is 2.60. The summed E-state index contributed by atoms with van der Waals surface area (Å²) in [5.41, 5.74) is 2.87. The van der Waals surface area contributed by atoms with E-state index in [2.05, 4.69) is 5.32 Å². The number of hydrogen-bond acceptors (Lipinski definition) is 3. The zero-order chi connectivity index (χ0) is 17.8. The Balaban J connectivity index is 1.98. The highest BCUT2D eigenvalue weighted by Crippen LogP contribution is 2.28. The van der Waals surface area contributed by atoms with Gasteiger partial charge in [0, 0.05) is 29.1 Å². The second-order valence-corrected chi connectivity index (χ2v) is 6.52. The van der Waals surface area contributed by atoms with E-state index < -0.39 is 0 Å². The third-order valence-electron chi connectivity index (χ3n) is 3.96. The van der Waals surface area contributed by atoms with Crippen molar-refractivity contribution in [2.75, 3.05) is 27.2 Å². The molecule has 0 radical (unpaired) electrons. The van der Waals surface area contributed by atoms with E-state index in [1.165, 1.54) is 0 Å². The number of carbonyl (C=O) groups is 1. The Morgan fingerprint density at radius 2 is 1.88 bits per heavy atom. The van der Waals surface area contributed by atoms with Crippen LogP contribution in [-0.4, -0.2) is 43.0 Å². The Morgan fingerprint density at radius 1 is 1.08 bits per heavy atom. The summed E-state index contributed by atoms with van der Waals surface area (Å²) in [5.74, 6) is -0.115. The minimum atomic E-state index is -0.115. The summed E-state index contributed by atoms with van der Waals surface area (Å²) in [6.45, 7) is 1.38. The second-order valence-electron chi connectivity index (χ2n) is 6.11. The number of hydrogen-bond donors (Lipinski definition) is 1. The number of fused-ring (bicyclic) bond motifs is 1. The molecule has 1 aromatic heterocycles. The average molecular weight is 354 g/mol. The molecule has 0 aliphatic carbocycles. The zero-order valence-corrected chi connectivity index (χ0v) is 15.0. The quantitative estimate of drug-likeness (QED) is 0.757. The number of halogens is 1. The predicted octanol–water partition coefficient (Wildman–Crippen LogP) is 3.85. The number of pyridine rings is 1. The summed E-state index contributed by atoms with van der Waals surface area (Å²) in [4.78, 5) is 19.3. The fourth-order valence-corrected chi connectivity index (χ4v) is 2.87. The molecule has 0 aliphatic rings. The Morgan fingerprint density at radius 3 is 2.64 bits per heavy atom. The van der Waals surface area contributed by atoms with Crippen LogP contribution in [0.5, 0.6) is 0 Å². The molecular formula is C20H20ClN3O. The van der Waals surface area contributed by atoms with Gasteiger partial charge in [0.2, 0.25) is 0 Å². The van der Waals surface area contributed by atoms with Crippen molar-refractivity contribution >= 4 is 28.4 Å². The van der Waals surface area contributed by atoms with E-state index in [1.54, 1.807) is 6.07 Å². The monoisotopic (exact) mass is 353 g/mol. The number of rotatable bonds is 5. The first kappa shape index (κ1) is 17.4. The maximum Gasteiger partial charge on any atom is 0.253 e. The molecular weight excluding hydrogens is 334 g/mol. The molecule has 0 bridgehead atoms. The van der Waals surface area contributed by atoms with Crippen LogP contribution in [-0.2, 0) is 0 Å². The van der Waals surface area contributed by atoms with Gasteiger partial charge in [0.05, 0.1) is 16.8 Å². The molecule has 0 saturated carbocycles. The highest BCUT2D eigenvalue weighted by atomic mass is 35.5. The van der Waals surface area contributed by atoms with Crippen molar-refractivity contribution in [3.8, 4) is 11.3 Å². The summed E-state index contributed by atoms with van der Waals surface area (Å²) in [5, 5.41) is 4.51. The first-order chi connectivity index (χ1) is 12.1. The van der Waals surface area contributed by atoms with Crippen LogP contribution in [0.2, 0.25) is 5.02 Å². The second kappa shape index (κ2) is 7.64. The predicted molar refractivity (Wildman–Crippen MR) is 103 cm³/mol. The van der Waals surface area contributed by atoms with E-state index in [9.17, 15) is 4.79 Å². The molecule has 3 aromatic rings.